The van der Waals surface area contributed by atoms with Gasteiger partial charge in [-0.1, -0.05) is 54.6 Å². The van der Waals surface area contributed by atoms with Crippen LogP contribution in [-0.2, 0) is 27.1 Å². The van der Waals surface area contributed by atoms with E-state index in [1.54, 1.807) is 6.08 Å². The molecule has 170 valence electrons. The van der Waals surface area contributed by atoms with E-state index < -0.39 is 5.97 Å². The molecule has 0 fully saturated rings. The number of anilines is 3. The Morgan fingerprint density at radius 1 is 0.788 bits per heavy atom. The summed E-state index contributed by atoms with van der Waals surface area (Å²) in [5.41, 5.74) is 6.80. The van der Waals surface area contributed by atoms with Gasteiger partial charge in [0.1, 0.15) is 0 Å². The number of hydrogen-bond donors (Lipinski definition) is 0. The fourth-order valence-corrected chi connectivity index (χ4v) is 3.45. The lowest BCUT2D eigenvalue weighted by molar-refractivity contribution is -0.137. The number of carbonyl (C=O) groups is 1. The molecule has 0 heterocycles. The molecule has 0 aliphatic rings. The SMILES string of the molecule is C=CCOCCc1ccc(N(c2ccc(C)cc2)c2ccc(CCOC(=O)C=C)cc2)cc1. The van der Waals surface area contributed by atoms with Crippen molar-refractivity contribution >= 4 is 23.0 Å². The van der Waals surface area contributed by atoms with Crippen LogP contribution in [0.2, 0.25) is 0 Å². The summed E-state index contributed by atoms with van der Waals surface area (Å²) in [6.07, 6.45) is 4.47. The van der Waals surface area contributed by atoms with Crippen LogP contribution in [0.4, 0.5) is 17.1 Å². The number of aryl methyl sites for hydroxylation is 1. The standard InChI is InChI=1S/C29H31NO3/c1-4-20-32-21-18-24-8-14-27(15-9-24)30(26-12-6-23(3)7-13-26)28-16-10-25(11-17-28)19-22-33-29(31)5-2/h4-17H,1-2,18-22H2,3H3. The van der Waals surface area contributed by atoms with E-state index >= 15 is 0 Å². The van der Waals surface area contributed by atoms with Crippen LogP contribution in [-0.4, -0.2) is 25.8 Å². The normalized spacial score (nSPS) is 10.5. The molecule has 0 bridgehead atoms. The number of nitrogens with zero attached hydrogens (tertiary/aromatic N) is 1. The van der Waals surface area contributed by atoms with Crippen molar-refractivity contribution in [3.05, 3.63) is 115 Å². The summed E-state index contributed by atoms with van der Waals surface area (Å²) in [4.78, 5) is 13.5. The molecule has 0 aliphatic carbocycles. The Bertz CT molecular complexity index is 1040. The second-order valence-electron chi connectivity index (χ2n) is 7.74. The molecule has 0 radical (unpaired) electrons. The quantitative estimate of drug-likeness (QED) is 0.140. The maximum absolute atomic E-state index is 11.2. The third kappa shape index (κ3) is 7.19. The summed E-state index contributed by atoms with van der Waals surface area (Å²) in [7, 11) is 0. The zero-order valence-corrected chi connectivity index (χ0v) is 19.2. The molecule has 3 rings (SSSR count). The summed E-state index contributed by atoms with van der Waals surface area (Å²) in [5, 5.41) is 0. The predicted octanol–water partition coefficient (Wildman–Crippen LogP) is 6.48. The largest absolute Gasteiger partial charge is 0.462 e. The van der Waals surface area contributed by atoms with Gasteiger partial charge in [0.05, 0.1) is 19.8 Å². The van der Waals surface area contributed by atoms with Gasteiger partial charge >= 0.3 is 5.97 Å². The molecule has 0 saturated heterocycles. The highest BCUT2D eigenvalue weighted by molar-refractivity contribution is 5.81. The zero-order chi connectivity index (χ0) is 23.5. The Labute approximate surface area is 196 Å². The van der Waals surface area contributed by atoms with Gasteiger partial charge in [-0.05, 0) is 60.9 Å². The Kier molecular flexibility index (Phi) is 9.04. The maximum atomic E-state index is 11.2. The molecule has 0 unspecified atom stereocenters. The molecule has 0 amide bonds. The average molecular weight is 442 g/mol. The van der Waals surface area contributed by atoms with Crippen LogP contribution < -0.4 is 4.90 Å². The van der Waals surface area contributed by atoms with E-state index in [9.17, 15) is 4.79 Å². The first kappa shape index (κ1) is 24.0. The fraction of sp³-hybridized carbons (Fsp3) is 0.207. The monoisotopic (exact) mass is 441 g/mol. The van der Waals surface area contributed by atoms with E-state index in [0.29, 0.717) is 26.2 Å². The Morgan fingerprint density at radius 2 is 1.27 bits per heavy atom. The lowest BCUT2D eigenvalue weighted by Crippen LogP contribution is -2.10. The van der Waals surface area contributed by atoms with Crippen molar-refractivity contribution in [2.24, 2.45) is 0 Å². The summed E-state index contributed by atoms with van der Waals surface area (Å²) < 4.78 is 10.6. The van der Waals surface area contributed by atoms with Gasteiger partial charge < -0.3 is 14.4 Å². The lowest BCUT2D eigenvalue weighted by Gasteiger charge is -2.26. The van der Waals surface area contributed by atoms with Crippen molar-refractivity contribution < 1.29 is 14.3 Å². The fourth-order valence-electron chi connectivity index (χ4n) is 3.45. The molecular formula is C29H31NO3. The van der Waals surface area contributed by atoms with Gasteiger partial charge in [0.2, 0.25) is 0 Å². The van der Waals surface area contributed by atoms with Crippen molar-refractivity contribution in [3.63, 3.8) is 0 Å². The molecule has 4 heteroatoms. The van der Waals surface area contributed by atoms with Gasteiger partial charge in [-0.2, -0.15) is 0 Å². The highest BCUT2D eigenvalue weighted by Crippen LogP contribution is 2.34. The number of hydrogen-bond acceptors (Lipinski definition) is 4. The van der Waals surface area contributed by atoms with Crippen molar-refractivity contribution in [1.29, 1.82) is 0 Å². The minimum Gasteiger partial charge on any atom is -0.462 e. The van der Waals surface area contributed by atoms with Crippen LogP contribution in [0.5, 0.6) is 0 Å². The second-order valence-corrected chi connectivity index (χ2v) is 7.74. The van der Waals surface area contributed by atoms with Gasteiger partial charge in [0.15, 0.2) is 0 Å². The van der Waals surface area contributed by atoms with Gasteiger partial charge in [0, 0.05) is 29.6 Å². The molecule has 3 aromatic carbocycles. The van der Waals surface area contributed by atoms with E-state index in [2.05, 4.69) is 97.8 Å². The number of ether oxygens (including phenoxy) is 2. The summed E-state index contributed by atoms with van der Waals surface area (Å²) in [6, 6.07) is 25.4. The molecule has 0 saturated carbocycles. The first-order chi connectivity index (χ1) is 16.1. The number of carbonyl (C=O) groups excluding carboxylic acids is 1. The number of benzene rings is 3. The summed E-state index contributed by atoms with van der Waals surface area (Å²) in [6.45, 7) is 10.8. The average Bonchev–Trinajstić information content (AvgIpc) is 2.85. The van der Waals surface area contributed by atoms with Crippen LogP contribution in [0.1, 0.15) is 16.7 Å². The van der Waals surface area contributed by atoms with Crippen molar-refractivity contribution in [2.75, 3.05) is 24.7 Å². The number of rotatable bonds is 12. The molecule has 0 aliphatic heterocycles. The van der Waals surface area contributed by atoms with E-state index in [1.807, 2.05) is 0 Å². The zero-order valence-electron chi connectivity index (χ0n) is 19.2. The minimum absolute atomic E-state index is 0.337. The minimum atomic E-state index is -0.395. The van der Waals surface area contributed by atoms with Crippen LogP contribution in [0, 0.1) is 6.92 Å². The third-order valence-electron chi connectivity index (χ3n) is 5.25. The van der Waals surface area contributed by atoms with Gasteiger partial charge in [-0.15, -0.1) is 6.58 Å². The molecule has 0 atom stereocenters. The molecular weight excluding hydrogens is 410 g/mol. The summed E-state index contributed by atoms with van der Waals surface area (Å²) >= 11 is 0. The highest BCUT2D eigenvalue weighted by Gasteiger charge is 2.12. The number of esters is 1. The van der Waals surface area contributed by atoms with Gasteiger partial charge in [0.25, 0.3) is 0 Å². The molecule has 4 nitrogen and oxygen atoms in total. The van der Waals surface area contributed by atoms with E-state index in [0.717, 1.165) is 29.0 Å². The molecule has 3 aromatic rings. The van der Waals surface area contributed by atoms with Gasteiger partial charge in [-0.25, -0.2) is 4.79 Å². The van der Waals surface area contributed by atoms with E-state index in [-0.39, 0.29) is 0 Å². The Morgan fingerprint density at radius 3 is 1.76 bits per heavy atom. The Hall–Kier alpha value is -3.63. The lowest BCUT2D eigenvalue weighted by atomic mass is 10.1. The van der Waals surface area contributed by atoms with Crippen molar-refractivity contribution in [2.45, 2.75) is 19.8 Å². The van der Waals surface area contributed by atoms with Crippen LogP contribution >= 0.6 is 0 Å². The topological polar surface area (TPSA) is 38.8 Å². The van der Waals surface area contributed by atoms with E-state index in [1.165, 1.54) is 17.2 Å². The van der Waals surface area contributed by atoms with E-state index in [4.69, 9.17) is 9.47 Å². The summed E-state index contributed by atoms with van der Waals surface area (Å²) in [5.74, 6) is -0.395. The first-order valence-corrected chi connectivity index (χ1v) is 11.1. The third-order valence-corrected chi connectivity index (χ3v) is 5.25. The highest BCUT2D eigenvalue weighted by atomic mass is 16.5. The molecule has 0 aromatic heterocycles. The molecule has 0 spiro atoms. The van der Waals surface area contributed by atoms with Crippen molar-refractivity contribution in [1.82, 2.24) is 0 Å². The maximum Gasteiger partial charge on any atom is 0.330 e. The molecule has 0 N–H and O–H groups in total. The van der Waals surface area contributed by atoms with Crippen molar-refractivity contribution in [3.8, 4) is 0 Å². The van der Waals surface area contributed by atoms with Crippen LogP contribution in [0.3, 0.4) is 0 Å². The van der Waals surface area contributed by atoms with Crippen LogP contribution in [0.15, 0.2) is 98.1 Å². The van der Waals surface area contributed by atoms with Gasteiger partial charge in [-0.3, -0.25) is 0 Å². The molecule has 33 heavy (non-hydrogen) atoms. The second kappa shape index (κ2) is 12.4. The first-order valence-electron chi connectivity index (χ1n) is 11.1. The Balaban J connectivity index is 1.79. The predicted molar refractivity (Wildman–Crippen MR) is 135 cm³/mol. The van der Waals surface area contributed by atoms with Crippen LogP contribution in [0.25, 0.3) is 0 Å². The smallest absolute Gasteiger partial charge is 0.330 e.